The summed E-state index contributed by atoms with van der Waals surface area (Å²) in [6, 6.07) is 22.1. The van der Waals surface area contributed by atoms with E-state index in [1.165, 1.54) is 6.92 Å². The van der Waals surface area contributed by atoms with Gasteiger partial charge in [0.25, 0.3) is 5.91 Å². The molecule has 0 aliphatic rings. The summed E-state index contributed by atoms with van der Waals surface area (Å²) in [6.45, 7) is 1.43. The van der Waals surface area contributed by atoms with Gasteiger partial charge >= 0.3 is 5.97 Å². The third kappa shape index (κ3) is 4.31. The van der Waals surface area contributed by atoms with Gasteiger partial charge in [0.05, 0.1) is 10.2 Å². The van der Waals surface area contributed by atoms with Gasteiger partial charge < -0.3 is 15.7 Å². The molecular weight excluding hydrogens is 398 g/mol. The van der Waals surface area contributed by atoms with E-state index in [0.29, 0.717) is 5.56 Å². The molecule has 0 radical (unpaired) electrons. The number of hydrogen-bond acceptors (Lipinski definition) is 5. The van der Waals surface area contributed by atoms with Crippen molar-refractivity contribution in [1.29, 1.82) is 0 Å². The largest absolute Gasteiger partial charge is 0.480 e. The Balaban J connectivity index is 1.44. The molecule has 1 heterocycles. The number of amides is 1. The highest BCUT2D eigenvalue weighted by Gasteiger charge is 2.15. The molecule has 0 aliphatic heterocycles. The number of fused-ring (bicyclic) bond motifs is 1. The summed E-state index contributed by atoms with van der Waals surface area (Å²) in [6.07, 6.45) is 0. The van der Waals surface area contributed by atoms with E-state index in [0.717, 1.165) is 32.2 Å². The second kappa shape index (κ2) is 8.34. The fourth-order valence-corrected chi connectivity index (χ4v) is 3.84. The molecule has 6 nitrogen and oxygen atoms in total. The molecule has 3 aromatic carbocycles. The van der Waals surface area contributed by atoms with Gasteiger partial charge in [-0.05, 0) is 54.4 Å². The number of aromatic nitrogens is 1. The smallest absolute Gasteiger partial charge is 0.325 e. The van der Waals surface area contributed by atoms with Gasteiger partial charge in [-0.15, -0.1) is 0 Å². The number of thiazole rings is 1. The van der Waals surface area contributed by atoms with E-state index < -0.39 is 17.9 Å². The summed E-state index contributed by atoms with van der Waals surface area (Å²) in [5, 5.41) is 15.5. The van der Waals surface area contributed by atoms with Crippen LogP contribution in [-0.4, -0.2) is 28.0 Å². The summed E-state index contributed by atoms with van der Waals surface area (Å²) >= 11 is 1.61. The standard InChI is InChI=1S/C23H19N3O3S/c1-14(22(28)29)24-21(27)17-8-6-15(7-9-17)16-10-12-18(13-11-16)25-23-26-19-4-2-3-5-20(19)30-23/h2-14H,1H3,(H,24,27)(H,25,26)(H,28,29)/t14-/m0/s1. The highest BCUT2D eigenvalue weighted by Crippen LogP contribution is 2.29. The summed E-state index contributed by atoms with van der Waals surface area (Å²) in [7, 11) is 0. The van der Waals surface area contributed by atoms with Crippen LogP contribution in [0.15, 0.2) is 72.8 Å². The monoisotopic (exact) mass is 417 g/mol. The zero-order valence-corrected chi connectivity index (χ0v) is 16.9. The Kier molecular flexibility index (Phi) is 5.45. The SMILES string of the molecule is C[C@H](NC(=O)c1ccc(-c2ccc(Nc3nc4ccccc4s3)cc2)cc1)C(=O)O. The minimum absolute atomic E-state index is 0.410. The Morgan fingerprint density at radius 2 is 1.57 bits per heavy atom. The molecule has 0 fully saturated rings. The summed E-state index contributed by atoms with van der Waals surface area (Å²) in [5.74, 6) is -1.48. The highest BCUT2D eigenvalue weighted by molar-refractivity contribution is 7.22. The average Bonchev–Trinajstić information content (AvgIpc) is 3.16. The molecule has 1 amide bonds. The van der Waals surface area contributed by atoms with Crippen LogP contribution in [0, 0.1) is 0 Å². The maximum Gasteiger partial charge on any atom is 0.325 e. The molecule has 1 aromatic heterocycles. The van der Waals surface area contributed by atoms with Crippen LogP contribution in [0.4, 0.5) is 10.8 Å². The lowest BCUT2D eigenvalue weighted by Crippen LogP contribution is -2.38. The van der Waals surface area contributed by atoms with Crippen LogP contribution in [-0.2, 0) is 4.79 Å². The van der Waals surface area contributed by atoms with E-state index in [-0.39, 0.29) is 0 Å². The van der Waals surface area contributed by atoms with Crippen molar-refractivity contribution in [2.75, 3.05) is 5.32 Å². The zero-order valence-electron chi connectivity index (χ0n) is 16.1. The Labute approximate surface area is 177 Å². The van der Waals surface area contributed by atoms with Crippen LogP contribution in [0.3, 0.4) is 0 Å². The molecule has 4 rings (SSSR count). The maximum atomic E-state index is 12.1. The number of nitrogens with zero attached hydrogens (tertiary/aromatic N) is 1. The van der Waals surface area contributed by atoms with Crippen LogP contribution < -0.4 is 10.6 Å². The van der Waals surface area contributed by atoms with Crippen LogP contribution in [0.2, 0.25) is 0 Å². The lowest BCUT2D eigenvalue weighted by Gasteiger charge is -2.10. The topological polar surface area (TPSA) is 91.3 Å². The molecule has 30 heavy (non-hydrogen) atoms. The molecular formula is C23H19N3O3S. The van der Waals surface area contributed by atoms with Crippen molar-refractivity contribution in [2.45, 2.75) is 13.0 Å². The van der Waals surface area contributed by atoms with Crippen molar-refractivity contribution in [1.82, 2.24) is 10.3 Å². The zero-order chi connectivity index (χ0) is 21.1. The molecule has 3 N–H and O–H groups in total. The molecule has 150 valence electrons. The second-order valence-electron chi connectivity index (χ2n) is 6.80. The van der Waals surface area contributed by atoms with Crippen molar-refractivity contribution in [3.63, 3.8) is 0 Å². The van der Waals surface area contributed by atoms with Crippen molar-refractivity contribution in [2.24, 2.45) is 0 Å². The van der Waals surface area contributed by atoms with Crippen LogP contribution in [0.25, 0.3) is 21.3 Å². The van der Waals surface area contributed by atoms with Crippen LogP contribution in [0.1, 0.15) is 17.3 Å². The van der Waals surface area contributed by atoms with Crippen molar-refractivity contribution in [3.05, 3.63) is 78.4 Å². The van der Waals surface area contributed by atoms with Gasteiger partial charge in [-0.1, -0.05) is 47.7 Å². The molecule has 0 spiro atoms. The average molecular weight is 417 g/mol. The van der Waals surface area contributed by atoms with Crippen molar-refractivity contribution >= 4 is 44.2 Å². The Bertz CT molecular complexity index is 1170. The summed E-state index contributed by atoms with van der Waals surface area (Å²) < 4.78 is 1.14. The van der Waals surface area contributed by atoms with Crippen molar-refractivity contribution in [3.8, 4) is 11.1 Å². The number of hydrogen-bond donors (Lipinski definition) is 3. The number of para-hydroxylation sites is 1. The fourth-order valence-electron chi connectivity index (χ4n) is 2.95. The number of carbonyl (C=O) groups excluding carboxylic acids is 1. The van der Waals surface area contributed by atoms with Gasteiger partial charge in [0.15, 0.2) is 5.13 Å². The molecule has 1 atom stereocenters. The van der Waals surface area contributed by atoms with Gasteiger partial charge in [-0.25, -0.2) is 4.98 Å². The molecule has 0 bridgehead atoms. The quantitative estimate of drug-likeness (QED) is 0.415. The van der Waals surface area contributed by atoms with Crippen LogP contribution >= 0.6 is 11.3 Å². The number of nitrogens with one attached hydrogen (secondary N) is 2. The number of carboxylic acids is 1. The van der Waals surface area contributed by atoms with Gasteiger partial charge in [0.2, 0.25) is 0 Å². The van der Waals surface area contributed by atoms with Crippen molar-refractivity contribution < 1.29 is 14.7 Å². The van der Waals surface area contributed by atoms with Gasteiger partial charge in [0, 0.05) is 11.3 Å². The number of carboxylic acid groups (broad SMARTS) is 1. The maximum absolute atomic E-state index is 12.1. The third-order valence-corrected chi connectivity index (χ3v) is 5.58. The first-order chi connectivity index (χ1) is 14.5. The number of aliphatic carboxylic acids is 1. The number of carbonyl (C=O) groups is 2. The van der Waals surface area contributed by atoms with E-state index in [9.17, 15) is 9.59 Å². The molecule has 7 heteroatoms. The minimum Gasteiger partial charge on any atom is -0.480 e. The minimum atomic E-state index is -1.07. The number of anilines is 2. The Morgan fingerprint density at radius 1 is 0.933 bits per heavy atom. The summed E-state index contributed by atoms with van der Waals surface area (Å²) in [5.41, 5.74) is 4.31. The van der Waals surface area contributed by atoms with E-state index >= 15 is 0 Å². The van der Waals surface area contributed by atoms with Gasteiger partial charge in [0.1, 0.15) is 6.04 Å². The molecule has 0 aliphatic carbocycles. The Morgan fingerprint density at radius 3 is 2.20 bits per heavy atom. The summed E-state index contributed by atoms with van der Waals surface area (Å²) in [4.78, 5) is 27.6. The van der Waals surface area contributed by atoms with E-state index in [2.05, 4.69) is 15.6 Å². The first-order valence-electron chi connectivity index (χ1n) is 9.36. The van der Waals surface area contributed by atoms with E-state index in [1.54, 1.807) is 23.5 Å². The normalized spacial score (nSPS) is 11.8. The molecule has 4 aromatic rings. The molecule has 0 saturated heterocycles. The first-order valence-corrected chi connectivity index (χ1v) is 10.2. The lowest BCUT2D eigenvalue weighted by molar-refractivity contribution is -0.138. The Hall–Kier alpha value is -3.71. The van der Waals surface area contributed by atoms with E-state index in [4.69, 9.17) is 5.11 Å². The lowest BCUT2D eigenvalue weighted by atomic mass is 10.0. The second-order valence-corrected chi connectivity index (χ2v) is 7.83. The number of rotatable bonds is 6. The van der Waals surface area contributed by atoms with Gasteiger partial charge in [-0.3, -0.25) is 9.59 Å². The number of benzene rings is 3. The fraction of sp³-hybridized carbons (Fsp3) is 0.0870. The predicted octanol–water partition coefficient (Wildman–Crippen LogP) is 4.91. The van der Waals surface area contributed by atoms with E-state index in [1.807, 2.05) is 60.7 Å². The predicted molar refractivity (Wildman–Crippen MR) is 119 cm³/mol. The third-order valence-electron chi connectivity index (χ3n) is 4.63. The molecule has 0 saturated carbocycles. The highest BCUT2D eigenvalue weighted by atomic mass is 32.1. The van der Waals surface area contributed by atoms with Gasteiger partial charge in [-0.2, -0.15) is 0 Å². The van der Waals surface area contributed by atoms with Crippen LogP contribution in [0.5, 0.6) is 0 Å². The first kappa shape index (κ1) is 19.6. The molecule has 0 unspecified atom stereocenters.